The second-order valence-corrected chi connectivity index (χ2v) is 6.12. The molecule has 3 aromatic carbocycles. The summed E-state index contributed by atoms with van der Waals surface area (Å²) in [6.07, 6.45) is 0.912. The van der Waals surface area contributed by atoms with Gasteiger partial charge in [0, 0.05) is 11.3 Å². The molecule has 1 aliphatic rings. The monoisotopic (exact) mass is 329 g/mol. The second kappa shape index (κ2) is 6.44. The highest BCUT2D eigenvalue weighted by atomic mass is 16.5. The van der Waals surface area contributed by atoms with Gasteiger partial charge >= 0.3 is 0 Å². The summed E-state index contributed by atoms with van der Waals surface area (Å²) in [4.78, 5) is 12.5. The number of benzene rings is 3. The maximum atomic E-state index is 12.5. The summed E-state index contributed by atoms with van der Waals surface area (Å²) >= 11 is 0. The molecule has 0 spiro atoms. The summed E-state index contributed by atoms with van der Waals surface area (Å²) in [5, 5.41) is 2.99. The summed E-state index contributed by atoms with van der Waals surface area (Å²) in [6.45, 7) is 2.51. The molecule has 0 atom stereocenters. The largest absolute Gasteiger partial charge is 0.494 e. The Labute approximate surface area is 147 Å². The van der Waals surface area contributed by atoms with Gasteiger partial charge in [0.25, 0.3) is 5.91 Å². The Kier molecular flexibility index (Phi) is 3.98. The number of amides is 1. The van der Waals surface area contributed by atoms with Crippen molar-refractivity contribution in [2.45, 2.75) is 13.3 Å². The van der Waals surface area contributed by atoms with Crippen LogP contribution in [0.2, 0.25) is 0 Å². The fourth-order valence-corrected chi connectivity index (χ4v) is 3.32. The van der Waals surface area contributed by atoms with Crippen LogP contribution in [0.5, 0.6) is 5.75 Å². The highest BCUT2D eigenvalue weighted by molar-refractivity contribution is 6.04. The Balaban J connectivity index is 1.55. The van der Waals surface area contributed by atoms with E-state index in [-0.39, 0.29) is 5.91 Å². The molecule has 124 valence electrons. The maximum absolute atomic E-state index is 12.5. The molecular formula is C22H19NO2. The summed E-state index contributed by atoms with van der Waals surface area (Å²) in [6, 6.07) is 21.8. The molecule has 0 unspecified atom stereocenters. The second-order valence-electron chi connectivity index (χ2n) is 6.12. The lowest BCUT2D eigenvalue weighted by Crippen LogP contribution is -2.12. The van der Waals surface area contributed by atoms with Crippen LogP contribution in [-0.2, 0) is 6.42 Å². The van der Waals surface area contributed by atoms with Gasteiger partial charge in [-0.05, 0) is 65.9 Å². The SMILES string of the molecule is CCOc1cccc(C(=O)Nc2ccc3c(c2)Cc2ccccc2-3)c1. The number of anilines is 1. The van der Waals surface area contributed by atoms with E-state index in [0.717, 1.165) is 12.1 Å². The smallest absolute Gasteiger partial charge is 0.255 e. The zero-order valence-electron chi connectivity index (χ0n) is 14.1. The molecule has 3 heteroatoms. The van der Waals surface area contributed by atoms with Crippen LogP contribution in [-0.4, -0.2) is 12.5 Å². The Bertz CT molecular complexity index is 946. The van der Waals surface area contributed by atoms with Crippen LogP contribution in [0.1, 0.15) is 28.4 Å². The van der Waals surface area contributed by atoms with Gasteiger partial charge < -0.3 is 10.1 Å². The molecule has 0 fully saturated rings. The van der Waals surface area contributed by atoms with E-state index in [9.17, 15) is 4.79 Å². The Hall–Kier alpha value is -3.07. The zero-order chi connectivity index (χ0) is 17.2. The van der Waals surface area contributed by atoms with E-state index in [1.165, 1.54) is 22.3 Å². The average molecular weight is 329 g/mol. The van der Waals surface area contributed by atoms with E-state index < -0.39 is 0 Å². The molecule has 1 aliphatic carbocycles. The molecule has 4 rings (SSSR count). The average Bonchev–Trinajstić information content (AvgIpc) is 3.00. The highest BCUT2D eigenvalue weighted by Crippen LogP contribution is 2.37. The Morgan fingerprint density at radius 1 is 0.960 bits per heavy atom. The van der Waals surface area contributed by atoms with Crippen LogP contribution in [0.4, 0.5) is 5.69 Å². The number of carbonyl (C=O) groups is 1. The fraction of sp³-hybridized carbons (Fsp3) is 0.136. The number of hydrogen-bond acceptors (Lipinski definition) is 2. The van der Waals surface area contributed by atoms with Crippen molar-refractivity contribution in [3.63, 3.8) is 0 Å². The highest BCUT2D eigenvalue weighted by Gasteiger charge is 2.18. The van der Waals surface area contributed by atoms with Gasteiger partial charge in [-0.25, -0.2) is 0 Å². The van der Waals surface area contributed by atoms with Gasteiger partial charge in [0.1, 0.15) is 5.75 Å². The predicted octanol–water partition coefficient (Wildman–Crippen LogP) is 4.91. The van der Waals surface area contributed by atoms with Crippen molar-refractivity contribution in [1.29, 1.82) is 0 Å². The van der Waals surface area contributed by atoms with Gasteiger partial charge in [-0.3, -0.25) is 4.79 Å². The van der Waals surface area contributed by atoms with Crippen molar-refractivity contribution in [2.24, 2.45) is 0 Å². The van der Waals surface area contributed by atoms with Gasteiger partial charge in [0.2, 0.25) is 0 Å². The molecule has 0 aromatic heterocycles. The molecule has 25 heavy (non-hydrogen) atoms. The molecule has 0 aliphatic heterocycles. The van der Waals surface area contributed by atoms with Crippen molar-refractivity contribution < 1.29 is 9.53 Å². The van der Waals surface area contributed by atoms with Crippen LogP contribution in [0.25, 0.3) is 11.1 Å². The third kappa shape index (κ3) is 3.01. The van der Waals surface area contributed by atoms with Gasteiger partial charge in [-0.15, -0.1) is 0 Å². The van der Waals surface area contributed by atoms with Gasteiger partial charge in [-0.1, -0.05) is 36.4 Å². The van der Waals surface area contributed by atoms with E-state index in [1.807, 2.05) is 25.1 Å². The molecular weight excluding hydrogens is 310 g/mol. The van der Waals surface area contributed by atoms with Crippen molar-refractivity contribution in [2.75, 3.05) is 11.9 Å². The van der Waals surface area contributed by atoms with E-state index in [2.05, 4.69) is 41.7 Å². The Morgan fingerprint density at radius 3 is 2.68 bits per heavy atom. The molecule has 0 saturated heterocycles. The predicted molar refractivity (Wildman–Crippen MR) is 100 cm³/mol. The first-order valence-electron chi connectivity index (χ1n) is 8.50. The van der Waals surface area contributed by atoms with E-state index in [4.69, 9.17) is 4.74 Å². The zero-order valence-corrected chi connectivity index (χ0v) is 14.1. The summed E-state index contributed by atoms with van der Waals surface area (Å²) in [7, 11) is 0. The van der Waals surface area contributed by atoms with Gasteiger partial charge in [-0.2, -0.15) is 0 Å². The number of hydrogen-bond donors (Lipinski definition) is 1. The molecule has 0 heterocycles. The minimum absolute atomic E-state index is 0.128. The van der Waals surface area contributed by atoms with Crippen molar-refractivity contribution in [1.82, 2.24) is 0 Å². The lowest BCUT2D eigenvalue weighted by molar-refractivity contribution is 0.102. The van der Waals surface area contributed by atoms with Crippen molar-refractivity contribution in [3.05, 3.63) is 83.4 Å². The van der Waals surface area contributed by atoms with E-state index in [1.54, 1.807) is 12.1 Å². The maximum Gasteiger partial charge on any atom is 0.255 e. The van der Waals surface area contributed by atoms with Gasteiger partial charge in [0.05, 0.1) is 6.61 Å². The summed E-state index contributed by atoms with van der Waals surface area (Å²) in [5.41, 5.74) is 6.55. The normalized spacial score (nSPS) is 11.6. The summed E-state index contributed by atoms with van der Waals surface area (Å²) < 4.78 is 5.46. The molecule has 3 nitrogen and oxygen atoms in total. The van der Waals surface area contributed by atoms with E-state index >= 15 is 0 Å². The molecule has 1 amide bonds. The molecule has 3 aromatic rings. The number of carbonyl (C=O) groups excluding carboxylic acids is 1. The topological polar surface area (TPSA) is 38.3 Å². The van der Waals surface area contributed by atoms with Crippen LogP contribution < -0.4 is 10.1 Å². The first-order chi connectivity index (χ1) is 12.2. The van der Waals surface area contributed by atoms with E-state index in [0.29, 0.717) is 17.9 Å². The lowest BCUT2D eigenvalue weighted by Gasteiger charge is -2.09. The number of rotatable bonds is 4. The molecule has 1 N–H and O–H groups in total. The number of ether oxygens (including phenoxy) is 1. The quantitative estimate of drug-likeness (QED) is 0.578. The lowest BCUT2D eigenvalue weighted by atomic mass is 10.1. The fourth-order valence-electron chi connectivity index (χ4n) is 3.32. The molecule has 0 bridgehead atoms. The van der Waals surface area contributed by atoms with Crippen molar-refractivity contribution in [3.8, 4) is 16.9 Å². The minimum Gasteiger partial charge on any atom is -0.494 e. The molecule has 0 radical (unpaired) electrons. The summed E-state index contributed by atoms with van der Waals surface area (Å²) in [5.74, 6) is 0.580. The first kappa shape index (κ1) is 15.5. The van der Waals surface area contributed by atoms with Crippen LogP contribution in [0, 0.1) is 0 Å². The number of fused-ring (bicyclic) bond motifs is 3. The standard InChI is InChI=1S/C22H19NO2/c1-2-25-19-8-5-7-16(14-19)22(24)23-18-10-11-21-17(13-18)12-15-6-3-4-9-20(15)21/h3-11,13-14H,2,12H2,1H3,(H,23,24). The third-order valence-corrected chi connectivity index (χ3v) is 4.46. The molecule has 0 saturated carbocycles. The number of nitrogens with one attached hydrogen (secondary N) is 1. The van der Waals surface area contributed by atoms with Crippen LogP contribution in [0.15, 0.2) is 66.7 Å². The third-order valence-electron chi connectivity index (χ3n) is 4.46. The van der Waals surface area contributed by atoms with Gasteiger partial charge in [0.15, 0.2) is 0 Å². The van der Waals surface area contributed by atoms with Crippen molar-refractivity contribution >= 4 is 11.6 Å². The minimum atomic E-state index is -0.128. The first-order valence-corrected chi connectivity index (χ1v) is 8.50. The van der Waals surface area contributed by atoms with Crippen LogP contribution in [0.3, 0.4) is 0 Å². The van der Waals surface area contributed by atoms with Crippen LogP contribution >= 0.6 is 0 Å². The Morgan fingerprint density at radius 2 is 1.80 bits per heavy atom.